The highest BCUT2D eigenvalue weighted by molar-refractivity contribution is 5.33. The van der Waals surface area contributed by atoms with Gasteiger partial charge in [0, 0.05) is 25.7 Å². The molecule has 21 heavy (non-hydrogen) atoms. The summed E-state index contributed by atoms with van der Waals surface area (Å²) >= 11 is 0. The van der Waals surface area contributed by atoms with Crippen LogP contribution < -0.4 is 5.32 Å². The van der Waals surface area contributed by atoms with Crippen molar-refractivity contribution in [3.05, 3.63) is 34.9 Å². The SMILES string of the molecule is CCNC(CN(CC)C(C)COC)c1cc(C)ccc1C. The van der Waals surface area contributed by atoms with Gasteiger partial charge in [0.2, 0.25) is 0 Å². The molecule has 120 valence electrons. The average molecular weight is 292 g/mol. The molecule has 0 aliphatic carbocycles. The maximum atomic E-state index is 5.31. The molecule has 3 nitrogen and oxygen atoms in total. The van der Waals surface area contributed by atoms with E-state index in [1.54, 1.807) is 7.11 Å². The molecule has 3 heteroatoms. The number of nitrogens with one attached hydrogen (secondary N) is 1. The first-order chi connectivity index (χ1) is 10.0. The summed E-state index contributed by atoms with van der Waals surface area (Å²) in [4.78, 5) is 2.48. The smallest absolute Gasteiger partial charge is 0.0615 e. The number of benzene rings is 1. The summed E-state index contributed by atoms with van der Waals surface area (Å²) in [5.74, 6) is 0. The summed E-state index contributed by atoms with van der Waals surface area (Å²) in [5.41, 5.74) is 4.11. The quantitative estimate of drug-likeness (QED) is 0.756. The minimum Gasteiger partial charge on any atom is -0.383 e. The van der Waals surface area contributed by atoms with Crippen molar-refractivity contribution in [2.24, 2.45) is 0 Å². The van der Waals surface area contributed by atoms with Crippen LogP contribution in [-0.4, -0.2) is 44.3 Å². The van der Waals surface area contributed by atoms with E-state index in [9.17, 15) is 0 Å². The Balaban J connectivity index is 2.92. The Morgan fingerprint density at radius 1 is 1.24 bits per heavy atom. The second-order valence-electron chi connectivity index (χ2n) is 5.86. The third-order valence-corrected chi connectivity index (χ3v) is 4.12. The van der Waals surface area contributed by atoms with Gasteiger partial charge in [-0.1, -0.05) is 37.6 Å². The molecule has 0 fully saturated rings. The molecule has 1 N–H and O–H groups in total. The molecule has 2 unspecified atom stereocenters. The van der Waals surface area contributed by atoms with Crippen molar-refractivity contribution in [1.82, 2.24) is 10.2 Å². The number of hydrogen-bond donors (Lipinski definition) is 1. The van der Waals surface area contributed by atoms with Crippen molar-refractivity contribution in [3.63, 3.8) is 0 Å². The Morgan fingerprint density at radius 3 is 2.52 bits per heavy atom. The maximum absolute atomic E-state index is 5.31. The van der Waals surface area contributed by atoms with Gasteiger partial charge in [0.1, 0.15) is 0 Å². The fourth-order valence-electron chi connectivity index (χ4n) is 2.86. The molecule has 0 amide bonds. The lowest BCUT2D eigenvalue weighted by atomic mass is 9.98. The van der Waals surface area contributed by atoms with E-state index in [-0.39, 0.29) is 0 Å². The molecule has 0 radical (unpaired) electrons. The molecule has 0 heterocycles. The first-order valence-electron chi connectivity index (χ1n) is 8.06. The topological polar surface area (TPSA) is 24.5 Å². The van der Waals surface area contributed by atoms with Gasteiger partial charge in [-0.3, -0.25) is 4.90 Å². The average Bonchev–Trinajstić information content (AvgIpc) is 2.46. The monoisotopic (exact) mass is 292 g/mol. The molecule has 1 aromatic carbocycles. The lowest BCUT2D eigenvalue weighted by molar-refractivity contribution is 0.0957. The lowest BCUT2D eigenvalue weighted by Gasteiger charge is -2.32. The van der Waals surface area contributed by atoms with E-state index >= 15 is 0 Å². The second-order valence-corrected chi connectivity index (χ2v) is 5.86. The maximum Gasteiger partial charge on any atom is 0.0615 e. The first-order valence-corrected chi connectivity index (χ1v) is 8.06. The van der Waals surface area contributed by atoms with Gasteiger partial charge in [-0.05, 0) is 45.0 Å². The zero-order valence-corrected chi connectivity index (χ0v) is 14.6. The van der Waals surface area contributed by atoms with E-state index in [1.807, 2.05) is 0 Å². The number of methoxy groups -OCH3 is 1. The molecule has 0 saturated carbocycles. The van der Waals surface area contributed by atoms with Crippen LogP contribution in [0.25, 0.3) is 0 Å². The summed E-state index contributed by atoms with van der Waals surface area (Å²) < 4.78 is 5.31. The van der Waals surface area contributed by atoms with Gasteiger partial charge < -0.3 is 10.1 Å². The van der Waals surface area contributed by atoms with Crippen LogP contribution in [0.4, 0.5) is 0 Å². The normalized spacial score (nSPS) is 14.4. The molecule has 0 spiro atoms. The number of aryl methyl sites for hydroxylation is 2. The van der Waals surface area contributed by atoms with Crippen LogP contribution >= 0.6 is 0 Å². The number of nitrogens with zero attached hydrogens (tertiary/aromatic N) is 1. The molecular formula is C18H32N2O. The minimum absolute atomic E-state index is 0.370. The molecule has 0 aliphatic rings. The summed E-state index contributed by atoms with van der Waals surface area (Å²) in [6.45, 7) is 14.8. The number of rotatable bonds is 9. The fourth-order valence-corrected chi connectivity index (χ4v) is 2.86. The molecule has 1 aromatic rings. The standard InChI is InChI=1S/C18H32N2O/c1-7-19-18(12-20(8-2)16(5)13-21-6)17-11-14(3)9-10-15(17)4/h9-11,16,18-19H,7-8,12-13H2,1-6H3. The van der Waals surface area contributed by atoms with E-state index in [4.69, 9.17) is 4.74 Å². The molecule has 0 aromatic heterocycles. The summed E-state index contributed by atoms with van der Waals surface area (Å²) in [7, 11) is 1.77. The predicted molar refractivity (Wildman–Crippen MR) is 90.9 cm³/mol. The van der Waals surface area contributed by atoms with E-state index in [0.29, 0.717) is 12.1 Å². The molecule has 0 saturated heterocycles. The Hall–Kier alpha value is -0.900. The molecule has 1 rings (SSSR count). The first kappa shape index (κ1) is 18.1. The van der Waals surface area contributed by atoms with E-state index in [1.165, 1.54) is 16.7 Å². The van der Waals surface area contributed by atoms with Crippen LogP contribution in [0.15, 0.2) is 18.2 Å². The highest BCUT2D eigenvalue weighted by Gasteiger charge is 2.19. The van der Waals surface area contributed by atoms with E-state index in [0.717, 1.165) is 26.2 Å². The molecule has 0 aliphatic heterocycles. The largest absolute Gasteiger partial charge is 0.383 e. The summed E-state index contributed by atoms with van der Waals surface area (Å²) in [6, 6.07) is 7.54. The molecule has 0 bridgehead atoms. The van der Waals surface area contributed by atoms with E-state index in [2.05, 4.69) is 63.0 Å². The third-order valence-electron chi connectivity index (χ3n) is 4.12. The van der Waals surface area contributed by atoms with Crippen molar-refractivity contribution in [3.8, 4) is 0 Å². The van der Waals surface area contributed by atoms with Crippen molar-refractivity contribution in [2.75, 3.05) is 33.4 Å². The van der Waals surface area contributed by atoms with Crippen LogP contribution in [-0.2, 0) is 4.74 Å². The van der Waals surface area contributed by atoms with Gasteiger partial charge >= 0.3 is 0 Å². The van der Waals surface area contributed by atoms with Crippen LogP contribution in [0.2, 0.25) is 0 Å². The van der Waals surface area contributed by atoms with Crippen molar-refractivity contribution < 1.29 is 4.74 Å². The zero-order chi connectivity index (χ0) is 15.8. The number of hydrogen-bond acceptors (Lipinski definition) is 3. The van der Waals surface area contributed by atoms with Gasteiger partial charge in [-0.2, -0.15) is 0 Å². The highest BCUT2D eigenvalue weighted by Crippen LogP contribution is 2.21. The number of ether oxygens (including phenoxy) is 1. The Labute approximate surface area is 130 Å². The highest BCUT2D eigenvalue weighted by atomic mass is 16.5. The lowest BCUT2D eigenvalue weighted by Crippen LogP contribution is -2.42. The zero-order valence-electron chi connectivity index (χ0n) is 14.6. The van der Waals surface area contributed by atoms with Crippen LogP contribution in [0, 0.1) is 13.8 Å². The van der Waals surface area contributed by atoms with Crippen molar-refractivity contribution in [1.29, 1.82) is 0 Å². The van der Waals surface area contributed by atoms with E-state index < -0.39 is 0 Å². The number of likely N-dealkylation sites (N-methyl/N-ethyl adjacent to an activating group) is 2. The Kier molecular flexibility index (Phi) is 7.94. The Bertz CT molecular complexity index is 420. The van der Waals surface area contributed by atoms with Gasteiger partial charge in [0.15, 0.2) is 0 Å². The Morgan fingerprint density at radius 2 is 1.95 bits per heavy atom. The van der Waals surface area contributed by atoms with Crippen molar-refractivity contribution in [2.45, 2.75) is 46.7 Å². The van der Waals surface area contributed by atoms with Gasteiger partial charge in [-0.25, -0.2) is 0 Å². The molecule has 2 atom stereocenters. The molecular weight excluding hydrogens is 260 g/mol. The van der Waals surface area contributed by atoms with Crippen molar-refractivity contribution >= 4 is 0 Å². The predicted octanol–water partition coefficient (Wildman–Crippen LogP) is 3.31. The summed E-state index contributed by atoms with van der Waals surface area (Å²) in [6.07, 6.45) is 0. The second kappa shape index (κ2) is 9.19. The summed E-state index contributed by atoms with van der Waals surface area (Å²) in [5, 5.41) is 3.65. The van der Waals surface area contributed by atoms with Crippen LogP contribution in [0.1, 0.15) is 43.5 Å². The van der Waals surface area contributed by atoms with Gasteiger partial charge in [0.25, 0.3) is 0 Å². The van der Waals surface area contributed by atoms with Gasteiger partial charge in [0.05, 0.1) is 6.61 Å². The van der Waals surface area contributed by atoms with Gasteiger partial charge in [-0.15, -0.1) is 0 Å². The third kappa shape index (κ3) is 5.42. The van der Waals surface area contributed by atoms with Crippen LogP contribution in [0.3, 0.4) is 0 Å². The minimum atomic E-state index is 0.370. The fraction of sp³-hybridized carbons (Fsp3) is 0.667. The van der Waals surface area contributed by atoms with Crippen LogP contribution in [0.5, 0.6) is 0 Å².